The molecule has 0 saturated heterocycles. The van der Waals surface area contributed by atoms with Gasteiger partial charge in [0.2, 0.25) is 0 Å². The van der Waals surface area contributed by atoms with Gasteiger partial charge in [0.25, 0.3) is 5.91 Å². The molecule has 1 amide bonds. The van der Waals surface area contributed by atoms with E-state index in [1.54, 1.807) is 22.4 Å². The Labute approximate surface area is 197 Å². The van der Waals surface area contributed by atoms with Crippen LogP contribution in [0.25, 0.3) is 0 Å². The third-order valence-electron chi connectivity index (χ3n) is 5.46. The molecule has 1 unspecified atom stereocenters. The number of nitrogens with zero attached hydrogens (tertiary/aromatic N) is 4. The third kappa shape index (κ3) is 5.03. The molecule has 7 nitrogen and oxygen atoms in total. The van der Waals surface area contributed by atoms with Crippen LogP contribution >= 0.6 is 22.9 Å². The number of aromatic nitrogens is 2. The smallest absolute Gasteiger partial charge is 0.259 e. The zero-order chi connectivity index (χ0) is 22.5. The molecule has 0 radical (unpaired) electrons. The zero-order valence-corrected chi connectivity index (χ0v) is 19.7. The number of nitrogens with one attached hydrogen (secondary N) is 1. The average molecular weight is 472 g/mol. The van der Waals surface area contributed by atoms with Gasteiger partial charge in [-0.05, 0) is 42.7 Å². The Hall–Kier alpha value is -2.68. The molecule has 9 heteroatoms. The van der Waals surface area contributed by atoms with Gasteiger partial charge in [-0.1, -0.05) is 23.7 Å². The molecule has 1 aromatic carbocycles. The van der Waals surface area contributed by atoms with Crippen LogP contribution in [-0.2, 0) is 6.54 Å². The number of amides is 1. The number of thiophene rings is 1. The summed E-state index contributed by atoms with van der Waals surface area (Å²) in [5.41, 5.74) is 1.38. The number of rotatable bonds is 8. The quantitative estimate of drug-likeness (QED) is 0.535. The van der Waals surface area contributed by atoms with Crippen molar-refractivity contribution in [3.8, 4) is 5.75 Å². The van der Waals surface area contributed by atoms with Gasteiger partial charge in [0, 0.05) is 49.2 Å². The van der Waals surface area contributed by atoms with Gasteiger partial charge in [0.15, 0.2) is 0 Å². The molecule has 4 rings (SSSR count). The number of hydrogen-bond acceptors (Lipinski definition) is 7. The van der Waals surface area contributed by atoms with E-state index >= 15 is 0 Å². The lowest BCUT2D eigenvalue weighted by molar-refractivity contribution is 0.0754. The molecule has 1 atom stereocenters. The SMILES string of the molecule is CNCCC(Oc1ccc(CN2CCN(C)c3ncncc3C2=O)c(Cl)c1)c1cccs1. The minimum atomic E-state index is -0.0915. The number of likely N-dealkylation sites (N-methyl/N-ethyl adjacent to an activating group) is 1. The van der Waals surface area contributed by atoms with Crippen molar-refractivity contribution in [2.45, 2.75) is 19.1 Å². The molecule has 168 valence electrons. The molecule has 1 aliphatic heterocycles. The predicted octanol–water partition coefficient (Wildman–Crippen LogP) is 4.01. The van der Waals surface area contributed by atoms with Gasteiger partial charge < -0.3 is 19.9 Å². The molecule has 0 fully saturated rings. The van der Waals surface area contributed by atoms with E-state index in [0.717, 1.165) is 18.5 Å². The summed E-state index contributed by atoms with van der Waals surface area (Å²) in [7, 11) is 3.86. The van der Waals surface area contributed by atoms with Crippen LogP contribution in [0.2, 0.25) is 5.02 Å². The van der Waals surface area contributed by atoms with E-state index in [2.05, 4.69) is 26.7 Å². The Bertz CT molecular complexity index is 1060. The summed E-state index contributed by atoms with van der Waals surface area (Å²) in [5, 5.41) is 5.82. The summed E-state index contributed by atoms with van der Waals surface area (Å²) in [4.78, 5) is 26.3. The molecule has 2 aromatic heterocycles. The monoisotopic (exact) mass is 471 g/mol. The Balaban J connectivity index is 1.49. The highest BCUT2D eigenvalue weighted by molar-refractivity contribution is 7.10. The summed E-state index contributed by atoms with van der Waals surface area (Å²) in [6, 6.07) is 9.82. The van der Waals surface area contributed by atoms with E-state index in [4.69, 9.17) is 16.3 Å². The fraction of sp³-hybridized carbons (Fsp3) is 0.348. The van der Waals surface area contributed by atoms with Crippen molar-refractivity contribution in [2.24, 2.45) is 0 Å². The van der Waals surface area contributed by atoms with Gasteiger partial charge >= 0.3 is 0 Å². The number of carbonyl (C=O) groups is 1. The number of hydrogen-bond donors (Lipinski definition) is 1. The van der Waals surface area contributed by atoms with Crippen molar-refractivity contribution in [2.75, 3.05) is 38.6 Å². The topological polar surface area (TPSA) is 70.6 Å². The number of ether oxygens (including phenoxy) is 1. The van der Waals surface area contributed by atoms with E-state index in [9.17, 15) is 4.79 Å². The highest BCUT2D eigenvalue weighted by Crippen LogP contribution is 2.31. The summed E-state index contributed by atoms with van der Waals surface area (Å²) in [6.07, 6.45) is 3.86. The summed E-state index contributed by atoms with van der Waals surface area (Å²) in [6.45, 7) is 2.52. The Morgan fingerprint density at radius 2 is 2.19 bits per heavy atom. The van der Waals surface area contributed by atoms with Crippen LogP contribution in [0.4, 0.5) is 5.82 Å². The second-order valence-electron chi connectivity index (χ2n) is 7.68. The fourth-order valence-corrected chi connectivity index (χ4v) is 4.71. The van der Waals surface area contributed by atoms with Gasteiger partial charge in [0.1, 0.15) is 29.6 Å². The van der Waals surface area contributed by atoms with Gasteiger partial charge in [-0.3, -0.25) is 4.79 Å². The first-order valence-corrected chi connectivity index (χ1v) is 11.8. The van der Waals surface area contributed by atoms with Crippen LogP contribution in [-0.4, -0.2) is 54.5 Å². The van der Waals surface area contributed by atoms with Crippen LogP contribution in [0, 0.1) is 0 Å². The highest BCUT2D eigenvalue weighted by atomic mass is 35.5. The number of anilines is 1. The maximum Gasteiger partial charge on any atom is 0.259 e. The first-order chi connectivity index (χ1) is 15.6. The summed E-state index contributed by atoms with van der Waals surface area (Å²) < 4.78 is 6.27. The first-order valence-electron chi connectivity index (χ1n) is 10.5. The molecule has 32 heavy (non-hydrogen) atoms. The van der Waals surface area contributed by atoms with E-state index in [-0.39, 0.29) is 12.0 Å². The van der Waals surface area contributed by atoms with Gasteiger partial charge in [-0.25, -0.2) is 9.97 Å². The van der Waals surface area contributed by atoms with Crippen LogP contribution in [0.5, 0.6) is 5.75 Å². The van der Waals surface area contributed by atoms with Gasteiger partial charge in [-0.2, -0.15) is 0 Å². The normalized spacial score (nSPS) is 14.8. The molecule has 0 bridgehead atoms. The van der Waals surface area contributed by atoms with Crippen LogP contribution < -0.4 is 15.0 Å². The maximum absolute atomic E-state index is 13.1. The van der Waals surface area contributed by atoms with E-state index in [0.29, 0.717) is 41.8 Å². The average Bonchev–Trinajstić information content (AvgIpc) is 3.31. The van der Waals surface area contributed by atoms with E-state index in [1.165, 1.54) is 11.2 Å². The molecular formula is C23H26ClN5O2S. The van der Waals surface area contributed by atoms with Crippen molar-refractivity contribution >= 4 is 34.7 Å². The largest absolute Gasteiger partial charge is 0.485 e. The minimum absolute atomic E-state index is 0.0383. The first kappa shape index (κ1) is 22.5. The standard InChI is InChI=1S/C23H26ClN5O2S/c1-25-8-7-20(21-4-3-11-32-21)31-17-6-5-16(19(24)12-17)14-29-10-9-28(2)22-18(23(29)30)13-26-15-27-22/h3-6,11-13,15,20,25H,7-10,14H2,1-2H3. The molecule has 0 aliphatic carbocycles. The molecule has 3 heterocycles. The number of carbonyl (C=O) groups excluding carboxylic acids is 1. The molecule has 0 saturated carbocycles. The predicted molar refractivity (Wildman–Crippen MR) is 128 cm³/mol. The third-order valence-corrected chi connectivity index (χ3v) is 6.77. The molecule has 1 aliphatic rings. The number of halogens is 1. The van der Waals surface area contributed by atoms with Gasteiger partial charge in [-0.15, -0.1) is 11.3 Å². The van der Waals surface area contributed by atoms with E-state index in [1.807, 2.05) is 43.3 Å². The van der Waals surface area contributed by atoms with Crippen LogP contribution in [0.1, 0.15) is 33.3 Å². The second kappa shape index (κ2) is 10.3. The van der Waals surface area contributed by atoms with Crippen molar-refractivity contribution in [3.63, 3.8) is 0 Å². The molecular weight excluding hydrogens is 446 g/mol. The Kier molecular flexibility index (Phi) is 7.24. The number of benzene rings is 1. The van der Waals surface area contributed by atoms with Crippen LogP contribution in [0.3, 0.4) is 0 Å². The van der Waals surface area contributed by atoms with Gasteiger partial charge in [0.05, 0.1) is 0 Å². The van der Waals surface area contributed by atoms with Crippen molar-refractivity contribution in [1.82, 2.24) is 20.2 Å². The molecule has 1 N–H and O–H groups in total. The minimum Gasteiger partial charge on any atom is -0.485 e. The summed E-state index contributed by atoms with van der Waals surface area (Å²) >= 11 is 8.30. The molecule has 0 spiro atoms. The zero-order valence-electron chi connectivity index (χ0n) is 18.1. The second-order valence-corrected chi connectivity index (χ2v) is 9.06. The lowest BCUT2D eigenvalue weighted by Gasteiger charge is -2.22. The Morgan fingerprint density at radius 3 is 2.94 bits per heavy atom. The highest BCUT2D eigenvalue weighted by Gasteiger charge is 2.26. The van der Waals surface area contributed by atoms with Crippen molar-refractivity contribution in [1.29, 1.82) is 0 Å². The fourth-order valence-electron chi connectivity index (χ4n) is 3.69. The molecule has 3 aromatic rings. The lowest BCUT2D eigenvalue weighted by Crippen LogP contribution is -2.33. The van der Waals surface area contributed by atoms with Crippen molar-refractivity contribution < 1.29 is 9.53 Å². The van der Waals surface area contributed by atoms with Crippen LogP contribution in [0.15, 0.2) is 48.2 Å². The number of fused-ring (bicyclic) bond motifs is 1. The summed E-state index contributed by atoms with van der Waals surface area (Å²) in [5.74, 6) is 1.28. The lowest BCUT2D eigenvalue weighted by atomic mass is 10.1. The van der Waals surface area contributed by atoms with Crippen molar-refractivity contribution in [3.05, 3.63) is 69.3 Å². The maximum atomic E-state index is 13.1. The van der Waals surface area contributed by atoms with E-state index < -0.39 is 0 Å². The Morgan fingerprint density at radius 1 is 1.31 bits per heavy atom.